The van der Waals surface area contributed by atoms with Crippen LogP contribution in [0, 0.1) is 26.0 Å². The predicted molar refractivity (Wildman–Crippen MR) is 236 cm³/mol. The van der Waals surface area contributed by atoms with Gasteiger partial charge in [0.05, 0.1) is 16.3 Å². The fourth-order valence-electron chi connectivity index (χ4n) is 6.05. The third-order valence-corrected chi connectivity index (χ3v) is 8.77. The molecule has 1 saturated heterocycles. The van der Waals surface area contributed by atoms with Gasteiger partial charge in [-0.1, -0.05) is 72.8 Å². The number of nitro benzene ring substituents is 2. The molecule has 5 N–H and O–H groups in total. The molecule has 330 valence electrons. The molecule has 17 heteroatoms. The molecular weight excluding hydrogens is 788 g/mol. The van der Waals surface area contributed by atoms with Crippen LogP contribution in [0.2, 0.25) is 0 Å². The fraction of sp³-hybridized carbons (Fsp3) is 0.409. The number of halogens is 1. The molecule has 4 aromatic rings. The van der Waals surface area contributed by atoms with E-state index in [2.05, 4.69) is 5.32 Å². The van der Waals surface area contributed by atoms with E-state index in [-0.39, 0.29) is 30.3 Å². The van der Waals surface area contributed by atoms with Gasteiger partial charge in [-0.25, -0.2) is 4.79 Å². The quantitative estimate of drug-likeness (QED) is 0.0671. The Morgan fingerprint density at radius 2 is 1.30 bits per heavy atom. The predicted octanol–water partition coefficient (Wildman–Crippen LogP) is 7.64. The summed E-state index contributed by atoms with van der Waals surface area (Å²) in [6.07, 6.45) is -0.304. The summed E-state index contributed by atoms with van der Waals surface area (Å²) in [4.78, 5) is 51.0. The Hall–Kier alpha value is -6.33. The Balaban J connectivity index is 0.000000281. The zero-order chi connectivity index (χ0) is 45.2. The van der Waals surface area contributed by atoms with Crippen molar-refractivity contribution in [1.29, 1.82) is 0 Å². The maximum atomic E-state index is 13.7. The van der Waals surface area contributed by atoms with Crippen LogP contribution in [0.3, 0.4) is 0 Å². The number of ether oxygens (including phenoxy) is 2. The molecule has 1 heterocycles. The number of hydrogen-bond donors (Lipinski definition) is 3. The minimum absolute atomic E-state index is 0.0360. The summed E-state index contributed by atoms with van der Waals surface area (Å²) < 4.78 is 24.3. The lowest BCUT2D eigenvalue weighted by molar-refractivity contribution is -0.386. The lowest BCUT2D eigenvalue weighted by atomic mass is 10.1. The molecule has 0 radical (unpaired) electrons. The number of para-hydroxylation sites is 2. The highest BCUT2D eigenvalue weighted by molar-refractivity contribution is 5.78. The number of nitrogens with one attached hydrogen (secondary N) is 1. The monoisotopic (exact) mass is 846 g/mol. The molecule has 16 nitrogen and oxygen atoms in total. The lowest BCUT2D eigenvalue weighted by Crippen LogP contribution is -2.50. The van der Waals surface area contributed by atoms with Crippen molar-refractivity contribution < 1.29 is 33.3 Å². The molecule has 0 bridgehead atoms. The van der Waals surface area contributed by atoms with E-state index in [0.29, 0.717) is 63.7 Å². The zero-order valence-corrected chi connectivity index (χ0v) is 35.8. The van der Waals surface area contributed by atoms with Crippen LogP contribution in [-0.4, -0.2) is 83.8 Å². The third-order valence-electron chi connectivity index (χ3n) is 8.77. The number of anilines is 3. The van der Waals surface area contributed by atoms with Crippen LogP contribution in [0.4, 0.5) is 37.6 Å². The lowest BCUT2D eigenvalue weighted by Gasteiger charge is -2.36. The van der Waals surface area contributed by atoms with Crippen molar-refractivity contribution in [2.45, 2.75) is 72.3 Å². The normalized spacial score (nSPS) is 12.5. The zero-order valence-electron chi connectivity index (χ0n) is 35.8. The summed E-state index contributed by atoms with van der Waals surface area (Å²) in [5, 5.41) is 26.1. The molecule has 5 rings (SSSR count). The second kappa shape index (κ2) is 23.5. The summed E-state index contributed by atoms with van der Waals surface area (Å²) in [6.45, 7) is 14.3. The topological polar surface area (TPSA) is 213 Å². The number of carbonyl (C=O) groups is 2. The van der Waals surface area contributed by atoms with E-state index in [1.807, 2.05) is 60.7 Å². The van der Waals surface area contributed by atoms with Gasteiger partial charge >= 0.3 is 23.4 Å². The first-order chi connectivity index (χ1) is 28.8. The molecule has 61 heavy (non-hydrogen) atoms. The molecule has 0 aliphatic carbocycles. The summed E-state index contributed by atoms with van der Waals surface area (Å²) in [7, 11) is 0. The van der Waals surface area contributed by atoms with Crippen molar-refractivity contribution in [3.05, 3.63) is 134 Å². The Morgan fingerprint density at radius 3 is 1.80 bits per heavy atom. The molecule has 4 aromatic carbocycles. The largest absolute Gasteiger partial charge is 0.460 e. The average Bonchev–Trinajstić information content (AvgIpc) is 3.21. The molecule has 1 aliphatic rings. The van der Waals surface area contributed by atoms with Crippen molar-refractivity contribution in [3.8, 4) is 0 Å². The van der Waals surface area contributed by atoms with E-state index in [0.717, 1.165) is 11.6 Å². The number of nitrogens with two attached hydrogens (primary N) is 2. The first-order valence-corrected chi connectivity index (χ1v) is 19.9. The van der Waals surface area contributed by atoms with Gasteiger partial charge in [0, 0.05) is 58.9 Å². The number of hydrogen-bond acceptors (Lipinski definition) is 13. The first kappa shape index (κ1) is 49.0. The van der Waals surface area contributed by atoms with Gasteiger partial charge in [0.15, 0.2) is 0 Å². The van der Waals surface area contributed by atoms with E-state index in [1.54, 1.807) is 74.4 Å². The fourth-order valence-corrected chi connectivity index (χ4v) is 6.05. The molecule has 0 atom stereocenters. The second-order valence-electron chi connectivity index (χ2n) is 15.9. The molecule has 0 aromatic heterocycles. The van der Waals surface area contributed by atoms with E-state index in [9.17, 15) is 34.2 Å². The number of piperazine rings is 1. The Bertz CT molecular complexity index is 2020. The van der Waals surface area contributed by atoms with Crippen LogP contribution < -0.4 is 26.6 Å². The Kier molecular flexibility index (Phi) is 18.9. The molecule has 0 unspecified atom stereocenters. The second-order valence-corrected chi connectivity index (χ2v) is 15.9. The Labute approximate surface area is 356 Å². The SMILES string of the molecule is CC(C)(C)OC(=O)CCN(CCN)c1cccc(NCc2ccccc2)c1[N+](=O)[O-].CC(C)(C)OC(=O)N1CCN(c2cccc(F)c2[N+](=O)[O-])CC1.NCc1ccccc1. The highest BCUT2D eigenvalue weighted by Gasteiger charge is 2.30. The molecule has 0 saturated carbocycles. The first-order valence-electron chi connectivity index (χ1n) is 19.9. The van der Waals surface area contributed by atoms with Gasteiger partial charge in [0.25, 0.3) is 0 Å². The van der Waals surface area contributed by atoms with Crippen LogP contribution >= 0.6 is 0 Å². The van der Waals surface area contributed by atoms with Gasteiger partial charge in [-0.2, -0.15) is 4.39 Å². The highest BCUT2D eigenvalue weighted by atomic mass is 19.1. The number of esters is 1. The molecule has 1 amide bonds. The van der Waals surface area contributed by atoms with Crippen LogP contribution in [-0.2, 0) is 27.4 Å². The van der Waals surface area contributed by atoms with E-state index < -0.39 is 38.6 Å². The van der Waals surface area contributed by atoms with Crippen LogP contribution in [0.1, 0.15) is 59.1 Å². The van der Waals surface area contributed by atoms with Crippen molar-refractivity contribution in [3.63, 3.8) is 0 Å². The molecular formula is C44H59FN8O8. The third kappa shape index (κ3) is 16.7. The van der Waals surface area contributed by atoms with Crippen molar-refractivity contribution in [2.75, 3.05) is 60.9 Å². The van der Waals surface area contributed by atoms with Gasteiger partial charge < -0.3 is 41.0 Å². The number of amides is 1. The van der Waals surface area contributed by atoms with Gasteiger partial charge in [-0.15, -0.1) is 0 Å². The number of nitro groups is 2. The van der Waals surface area contributed by atoms with Crippen molar-refractivity contribution in [1.82, 2.24) is 4.90 Å². The number of benzene rings is 4. The Morgan fingerprint density at radius 1 is 0.738 bits per heavy atom. The van der Waals surface area contributed by atoms with E-state index in [1.165, 1.54) is 17.7 Å². The summed E-state index contributed by atoms with van der Waals surface area (Å²) >= 11 is 0. The molecule has 1 fully saturated rings. The van der Waals surface area contributed by atoms with Crippen LogP contribution in [0.25, 0.3) is 0 Å². The maximum Gasteiger partial charge on any atom is 0.410 e. The average molecular weight is 847 g/mol. The smallest absolute Gasteiger partial charge is 0.410 e. The standard InChI is InChI=1S/C22H30N4O4.C15H20FN3O4.C7H9N/c1-22(2,3)30-20(27)12-14-25(15-13-23)19-11-7-10-18(21(19)26(28)29)24-16-17-8-5-4-6-9-17;1-15(2,3)23-14(20)18-9-7-17(8-10-18)12-6-4-5-11(16)13(12)19(21)22;8-6-7-4-2-1-3-5-7/h4-11,24H,12-16,23H2,1-3H3;4-6H,7-10H2,1-3H3;1-5H,6,8H2. The minimum atomic E-state index is -0.859. The van der Waals surface area contributed by atoms with E-state index in [4.69, 9.17) is 20.9 Å². The number of nitrogens with zero attached hydrogens (tertiary/aromatic N) is 5. The summed E-state index contributed by atoms with van der Waals surface area (Å²) in [5.74, 6) is -1.22. The molecule has 0 spiro atoms. The van der Waals surface area contributed by atoms with Crippen LogP contribution in [0.5, 0.6) is 0 Å². The van der Waals surface area contributed by atoms with Gasteiger partial charge in [0.2, 0.25) is 5.82 Å². The van der Waals surface area contributed by atoms with E-state index >= 15 is 0 Å². The van der Waals surface area contributed by atoms with Gasteiger partial charge in [-0.3, -0.25) is 25.0 Å². The van der Waals surface area contributed by atoms with Crippen LogP contribution in [0.15, 0.2) is 97.1 Å². The number of rotatable bonds is 13. The van der Waals surface area contributed by atoms with Gasteiger partial charge in [-0.05, 0) is 76.9 Å². The molecule has 1 aliphatic heterocycles. The van der Waals surface area contributed by atoms with Gasteiger partial charge in [0.1, 0.15) is 28.3 Å². The minimum Gasteiger partial charge on any atom is -0.460 e. The summed E-state index contributed by atoms with van der Waals surface area (Å²) in [6, 6.07) is 28.8. The summed E-state index contributed by atoms with van der Waals surface area (Å²) in [5.41, 5.74) is 12.6. The number of carbonyl (C=O) groups excluding carboxylic acids is 2. The van der Waals surface area contributed by atoms with Crippen molar-refractivity contribution >= 4 is 40.5 Å². The maximum absolute atomic E-state index is 13.7. The van der Waals surface area contributed by atoms with Crippen molar-refractivity contribution in [2.24, 2.45) is 11.5 Å². The highest BCUT2D eigenvalue weighted by Crippen LogP contribution is 2.36.